The van der Waals surface area contributed by atoms with Crippen LogP contribution < -0.4 is 10.1 Å². The fraction of sp³-hybridized carbons (Fsp3) is 0.438. The summed E-state index contributed by atoms with van der Waals surface area (Å²) in [6.45, 7) is 9.74. The summed E-state index contributed by atoms with van der Waals surface area (Å²) in [7, 11) is 0. The van der Waals surface area contributed by atoms with E-state index in [0.29, 0.717) is 12.6 Å². The maximum atomic E-state index is 5.85. The lowest BCUT2D eigenvalue weighted by atomic mass is 10.1. The summed E-state index contributed by atoms with van der Waals surface area (Å²) in [4.78, 5) is 4.58. The van der Waals surface area contributed by atoms with Gasteiger partial charge in [-0.15, -0.1) is 11.3 Å². The van der Waals surface area contributed by atoms with E-state index in [1.807, 2.05) is 12.1 Å². The molecule has 0 spiro atoms. The molecule has 1 aromatic carbocycles. The topological polar surface area (TPSA) is 34.1 Å². The highest BCUT2D eigenvalue weighted by atomic mass is 79.9. The molecule has 0 saturated heterocycles. The lowest BCUT2D eigenvalue weighted by molar-refractivity contribution is 0.301. The van der Waals surface area contributed by atoms with Gasteiger partial charge < -0.3 is 10.1 Å². The van der Waals surface area contributed by atoms with Crippen molar-refractivity contribution >= 4 is 27.3 Å². The number of nitrogens with one attached hydrogen (secondary N) is 1. The molecule has 0 amide bonds. The molecule has 0 atom stereocenters. The Morgan fingerprint density at radius 3 is 2.57 bits per heavy atom. The summed E-state index contributed by atoms with van der Waals surface area (Å²) >= 11 is 5.24. The molecule has 0 aliphatic carbocycles. The smallest absolute Gasteiger partial charge is 0.131 e. The lowest BCUT2D eigenvalue weighted by Crippen LogP contribution is -2.21. The largest absolute Gasteiger partial charge is 0.487 e. The standard InChI is InChI=1S/C16H21BrN2OS/c1-10(2)18-7-15-19-13(9-21-15)8-20-14-5-11(3)16(17)12(4)6-14/h5-6,9-10,18H,7-8H2,1-4H3. The Morgan fingerprint density at radius 1 is 1.29 bits per heavy atom. The molecular formula is C16H21BrN2OS. The van der Waals surface area contributed by atoms with Gasteiger partial charge in [0, 0.05) is 22.4 Å². The predicted molar refractivity (Wildman–Crippen MR) is 92.0 cm³/mol. The number of ether oxygens (including phenoxy) is 1. The second-order valence-corrected chi connectivity index (χ2v) is 7.16. The second kappa shape index (κ2) is 7.38. The molecule has 5 heteroatoms. The molecule has 114 valence electrons. The number of hydrogen-bond acceptors (Lipinski definition) is 4. The van der Waals surface area contributed by atoms with Gasteiger partial charge in [0.15, 0.2) is 0 Å². The van der Waals surface area contributed by atoms with E-state index < -0.39 is 0 Å². The molecule has 1 N–H and O–H groups in total. The van der Waals surface area contributed by atoms with Crippen LogP contribution in [0.4, 0.5) is 0 Å². The molecular weight excluding hydrogens is 348 g/mol. The van der Waals surface area contributed by atoms with Crippen molar-refractivity contribution in [3.63, 3.8) is 0 Å². The first-order chi connectivity index (χ1) is 9.95. The van der Waals surface area contributed by atoms with Crippen molar-refractivity contribution < 1.29 is 4.74 Å². The lowest BCUT2D eigenvalue weighted by Gasteiger charge is -2.09. The van der Waals surface area contributed by atoms with Gasteiger partial charge in [-0.3, -0.25) is 0 Å². The number of rotatable bonds is 6. The van der Waals surface area contributed by atoms with Gasteiger partial charge in [0.05, 0.1) is 5.69 Å². The third-order valence-corrected chi connectivity index (χ3v) is 5.21. The first-order valence-electron chi connectivity index (χ1n) is 7.02. The zero-order chi connectivity index (χ0) is 15.4. The minimum Gasteiger partial charge on any atom is -0.487 e. The van der Waals surface area contributed by atoms with Crippen LogP contribution in [0.3, 0.4) is 0 Å². The Hall–Kier alpha value is -0.910. The first-order valence-corrected chi connectivity index (χ1v) is 8.69. The Labute approximate surface area is 138 Å². The van der Waals surface area contributed by atoms with E-state index in [4.69, 9.17) is 4.74 Å². The first kappa shape index (κ1) is 16.5. The highest BCUT2D eigenvalue weighted by Crippen LogP contribution is 2.26. The molecule has 2 rings (SSSR count). The molecule has 21 heavy (non-hydrogen) atoms. The average Bonchev–Trinajstić information content (AvgIpc) is 2.88. The summed E-state index contributed by atoms with van der Waals surface area (Å²) in [6, 6.07) is 4.57. The van der Waals surface area contributed by atoms with E-state index in [-0.39, 0.29) is 0 Å². The number of benzene rings is 1. The van der Waals surface area contributed by atoms with Gasteiger partial charge in [-0.1, -0.05) is 29.8 Å². The Kier molecular flexibility index (Phi) is 5.79. The van der Waals surface area contributed by atoms with E-state index in [1.54, 1.807) is 11.3 Å². The minimum atomic E-state index is 0.474. The van der Waals surface area contributed by atoms with Crippen LogP contribution in [-0.4, -0.2) is 11.0 Å². The molecule has 1 aromatic heterocycles. The third kappa shape index (κ3) is 4.80. The molecule has 0 aliphatic rings. The number of thiazole rings is 1. The maximum absolute atomic E-state index is 5.85. The summed E-state index contributed by atoms with van der Waals surface area (Å²) < 4.78 is 6.99. The van der Waals surface area contributed by atoms with Crippen LogP contribution in [0.15, 0.2) is 22.0 Å². The maximum Gasteiger partial charge on any atom is 0.131 e. The second-order valence-electron chi connectivity index (χ2n) is 5.43. The Bertz CT molecular complexity index is 587. The van der Waals surface area contributed by atoms with E-state index in [9.17, 15) is 0 Å². The van der Waals surface area contributed by atoms with Crippen LogP contribution >= 0.6 is 27.3 Å². The SMILES string of the molecule is Cc1cc(OCc2csc(CNC(C)C)n2)cc(C)c1Br. The molecule has 0 saturated carbocycles. The molecule has 0 bridgehead atoms. The monoisotopic (exact) mass is 368 g/mol. The highest BCUT2D eigenvalue weighted by Gasteiger charge is 2.06. The normalized spacial score (nSPS) is 11.1. The predicted octanol–water partition coefficient (Wildman–Crippen LogP) is 4.60. The fourth-order valence-corrected chi connectivity index (χ4v) is 2.89. The van der Waals surface area contributed by atoms with Gasteiger partial charge in [-0.2, -0.15) is 0 Å². The molecule has 1 heterocycles. The van der Waals surface area contributed by atoms with Crippen molar-refractivity contribution in [1.29, 1.82) is 0 Å². The quantitative estimate of drug-likeness (QED) is 0.808. The molecule has 0 aliphatic heterocycles. The molecule has 0 radical (unpaired) electrons. The van der Waals surface area contributed by atoms with Gasteiger partial charge in [-0.25, -0.2) is 4.98 Å². The number of aromatic nitrogens is 1. The van der Waals surface area contributed by atoms with Crippen molar-refractivity contribution in [3.8, 4) is 5.75 Å². The van der Waals surface area contributed by atoms with Gasteiger partial charge in [0.1, 0.15) is 17.4 Å². The average molecular weight is 369 g/mol. The van der Waals surface area contributed by atoms with Crippen LogP contribution in [0, 0.1) is 13.8 Å². The van der Waals surface area contributed by atoms with Crippen molar-refractivity contribution in [2.45, 2.75) is 46.9 Å². The molecule has 3 nitrogen and oxygen atoms in total. The molecule has 0 fully saturated rings. The molecule has 2 aromatic rings. The summed E-state index contributed by atoms with van der Waals surface area (Å²) in [5.74, 6) is 0.892. The summed E-state index contributed by atoms with van der Waals surface area (Å²) in [6.07, 6.45) is 0. The minimum absolute atomic E-state index is 0.474. The van der Waals surface area contributed by atoms with Crippen LogP contribution in [0.2, 0.25) is 0 Å². The van der Waals surface area contributed by atoms with Crippen molar-refractivity contribution in [2.75, 3.05) is 0 Å². The van der Waals surface area contributed by atoms with E-state index in [0.717, 1.165) is 27.5 Å². The number of hydrogen-bond donors (Lipinski definition) is 1. The third-order valence-electron chi connectivity index (χ3n) is 3.06. The number of halogens is 1. The van der Waals surface area contributed by atoms with Crippen molar-refractivity contribution in [1.82, 2.24) is 10.3 Å². The van der Waals surface area contributed by atoms with Gasteiger partial charge >= 0.3 is 0 Å². The summed E-state index contributed by atoms with van der Waals surface area (Å²) in [5.41, 5.74) is 3.36. The van der Waals surface area contributed by atoms with Gasteiger partial charge in [-0.05, 0) is 37.1 Å². The van der Waals surface area contributed by atoms with Crippen molar-refractivity contribution in [3.05, 3.63) is 43.8 Å². The van der Waals surface area contributed by atoms with E-state index >= 15 is 0 Å². The van der Waals surface area contributed by atoms with Gasteiger partial charge in [0.25, 0.3) is 0 Å². The van der Waals surface area contributed by atoms with Crippen LogP contribution in [0.5, 0.6) is 5.75 Å². The zero-order valence-electron chi connectivity index (χ0n) is 12.9. The summed E-state index contributed by atoms with van der Waals surface area (Å²) in [5, 5.41) is 6.54. The van der Waals surface area contributed by atoms with E-state index in [2.05, 4.69) is 59.3 Å². The Balaban J connectivity index is 1.94. The van der Waals surface area contributed by atoms with Crippen LogP contribution in [0.1, 0.15) is 35.7 Å². The number of nitrogens with zero attached hydrogens (tertiary/aromatic N) is 1. The molecule has 0 unspecified atom stereocenters. The van der Waals surface area contributed by atoms with Crippen LogP contribution in [-0.2, 0) is 13.2 Å². The highest BCUT2D eigenvalue weighted by molar-refractivity contribution is 9.10. The number of aryl methyl sites for hydroxylation is 2. The van der Waals surface area contributed by atoms with E-state index in [1.165, 1.54) is 11.1 Å². The van der Waals surface area contributed by atoms with Crippen LogP contribution in [0.25, 0.3) is 0 Å². The fourth-order valence-electron chi connectivity index (χ4n) is 1.93. The Morgan fingerprint density at radius 2 is 1.95 bits per heavy atom. The van der Waals surface area contributed by atoms with Gasteiger partial charge in [0.2, 0.25) is 0 Å². The zero-order valence-corrected chi connectivity index (χ0v) is 15.3. The van der Waals surface area contributed by atoms with Crippen molar-refractivity contribution in [2.24, 2.45) is 0 Å².